The Morgan fingerprint density at radius 3 is 2.43 bits per heavy atom. The highest BCUT2D eigenvalue weighted by Crippen LogP contribution is 2.25. The molecule has 3 N–H and O–H groups in total. The number of sulfonamides is 1. The second kappa shape index (κ2) is 6.89. The van der Waals surface area contributed by atoms with E-state index in [1.54, 1.807) is 0 Å². The first-order valence-corrected chi connectivity index (χ1v) is 8.81. The van der Waals surface area contributed by atoms with Crippen molar-refractivity contribution in [2.24, 2.45) is 5.73 Å². The van der Waals surface area contributed by atoms with Gasteiger partial charge in [0.05, 0.1) is 9.92 Å². The van der Waals surface area contributed by atoms with Gasteiger partial charge in [0.1, 0.15) is 0 Å². The minimum atomic E-state index is -3.60. The van der Waals surface area contributed by atoms with Crippen molar-refractivity contribution in [1.82, 2.24) is 4.72 Å². The molecule has 0 unspecified atom stereocenters. The number of nitrogens with one attached hydrogen (secondary N) is 1. The van der Waals surface area contributed by atoms with E-state index < -0.39 is 10.0 Å². The topological polar surface area (TPSA) is 72.2 Å². The van der Waals surface area contributed by atoms with Gasteiger partial charge in [0.15, 0.2) is 0 Å². The van der Waals surface area contributed by atoms with Crippen molar-refractivity contribution >= 4 is 37.6 Å². The van der Waals surface area contributed by atoms with E-state index in [-0.39, 0.29) is 11.4 Å². The van der Waals surface area contributed by atoms with Crippen molar-refractivity contribution in [3.63, 3.8) is 0 Å². The van der Waals surface area contributed by atoms with Crippen LogP contribution in [0.4, 0.5) is 0 Å². The van der Waals surface area contributed by atoms with Gasteiger partial charge in [-0.3, -0.25) is 0 Å². The quantitative estimate of drug-likeness (QED) is 0.825. The van der Waals surface area contributed by atoms with E-state index in [0.717, 1.165) is 11.1 Å². The fourth-order valence-electron chi connectivity index (χ4n) is 1.83. The van der Waals surface area contributed by atoms with E-state index in [1.807, 2.05) is 24.3 Å². The van der Waals surface area contributed by atoms with Crippen molar-refractivity contribution in [3.05, 3.63) is 63.1 Å². The van der Waals surface area contributed by atoms with Crippen molar-refractivity contribution in [3.8, 4) is 0 Å². The zero-order valence-electron chi connectivity index (χ0n) is 11.0. The number of benzene rings is 2. The van der Waals surface area contributed by atoms with E-state index in [2.05, 4.69) is 20.7 Å². The molecule has 0 bridgehead atoms. The molecule has 0 saturated carbocycles. The summed E-state index contributed by atoms with van der Waals surface area (Å²) >= 11 is 9.08. The lowest BCUT2D eigenvalue weighted by Crippen LogP contribution is -2.24. The van der Waals surface area contributed by atoms with Gasteiger partial charge in [0.2, 0.25) is 10.0 Å². The van der Waals surface area contributed by atoms with Crippen LogP contribution in [-0.2, 0) is 23.1 Å². The Bertz CT molecular complexity index is 750. The lowest BCUT2D eigenvalue weighted by molar-refractivity contribution is 0.581. The second-order valence-electron chi connectivity index (χ2n) is 4.37. The molecule has 0 aliphatic carbocycles. The third kappa shape index (κ3) is 4.05. The molecule has 112 valence electrons. The molecule has 0 saturated heterocycles. The van der Waals surface area contributed by atoms with Crippen LogP contribution >= 0.6 is 27.5 Å². The smallest absolute Gasteiger partial charge is 0.240 e. The highest BCUT2D eigenvalue weighted by atomic mass is 79.9. The van der Waals surface area contributed by atoms with E-state index in [4.69, 9.17) is 17.3 Å². The monoisotopic (exact) mass is 388 g/mol. The van der Waals surface area contributed by atoms with E-state index in [0.29, 0.717) is 16.0 Å². The summed E-state index contributed by atoms with van der Waals surface area (Å²) in [6.45, 7) is 0.556. The second-order valence-corrected chi connectivity index (χ2v) is 7.40. The minimum absolute atomic E-state index is 0.156. The summed E-state index contributed by atoms with van der Waals surface area (Å²) in [5.41, 5.74) is 7.41. The molecule has 21 heavy (non-hydrogen) atoms. The largest absolute Gasteiger partial charge is 0.326 e. The molecule has 7 heteroatoms. The first kappa shape index (κ1) is 16.5. The van der Waals surface area contributed by atoms with E-state index in [9.17, 15) is 8.42 Å². The molecule has 0 amide bonds. The number of nitrogens with two attached hydrogens (primary N) is 1. The van der Waals surface area contributed by atoms with Gasteiger partial charge in [-0.05, 0) is 45.3 Å². The van der Waals surface area contributed by atoms with Crippen LogP contribution in [0.1, 0.15) is 11.1 Å². The lowest BCUT2D eigenvalue weighted by Gasteiger charge is -2.10. The van der Waals surface area contributed by atoms with E-state index in [1.165, 1.54) is 18.2 Å². The molecule has 0 fully saturated rings. The van der Waals surface area contributed by atoms with Crippen LogP contribution in [0.3, 0.4) is 0 Å². The average Bonchev–Trinajstić information content (AvgIpc) is 2.48. The predicted molar refractivity (Wildman–Crippen MR) is 87.5 cm³/mol. The lowest BCUT2D eigenvalue weighted by atomic mass is 10.1. The fraction of sp³-hybridized carbons (Fsp3) is 0.143. The zero-order valence-corrected chi connectivity index (χ0v) is 14.2. The number of rotatable bonds is 5. The molecular weight excluding hydrogens is 376 g/mol. The van der Waals surface area contributed by atoms with Gasteiger partial charge in [-0.25, -0.2) is 13.1 Å². The Balaban J connectivity index is 2.20. The standard InChI is InChI=1S/C14H14BrClN2O2S/c15-13-7-12(5-6-14(13)16)21(19,20)18-9-11-4-2-1-3-10(11)8-17/h1-7,18H,8-9,17H2. The van der Waals surface area contributed by atoms with Crippen LogP contribution in [-0.4, -0.2) is 8.42 Å². The highest BCUT2D eigenvalue weighted by Gasteiger charge is 2.15. The molecule has 4 nitrogen and oxygen atoms in total. The van der Waals surface area contributed by atoms with E-state index >= 15 is 0 Å². The van der Waals surface area contributed by atoms with Crippen LogP contribution in [0, 0.1) is 0 Å². The number of halogens is 2. The molecule has 0 heterocycles. The Hall–Kier alpha value is -0.920. The fourth-order valence-corrected chi connectivity index (χ4v) is 3.51. The third-order valence-corrected chi connectivity index (χ3v) is 5.61. The van der Waals surface area contributed by atoms with Crippen molar-refractivity contribution < 1.29 is 8.42 Å². The molecule has 0 radical (unpaired) electrons. The highest BCUT2D eigenvalue weighted by molar-refractivity contribution is 9.10. The summed E-state index contributed by atoms with van der Waals surface area (Å²) in [6.07, 6.45) is 0. The first-order valence-electron chi connectivity index (χ1n) is 6.15. The molecule has 2 rings (SSSR count). The molecule has 0 aliphatic heterocycles. The Labute approximate surface area is 137 Å². The number of hydrogen-bond donors (Lipinski definition) is 2. The SMILES string of the molecule is NCc1ccccc1CNS(=O)(=O)c1ccc(Cl)c(Br)c1. The number of hydrogen-bond acceptors (Lipinski definition) is 3. The average molecular weight is 390 g/mol. The Morgan fingerprint density at radius 2 is 1.81 bits per heavy atom. The Kier molecular flexibility index (Phi) is 5.40. The van der Waals surface area contributed by atoms with Crippen molar-refractivity contribution in [2.45, 2.75) is 18.0 Å². The summed E-state index contributed by atoms with van der Waals surface area (Å²) in [5, 5.41) is 0.461. The van der Waals surface area contributed by atoms with Crippen molar-refractivity contribution in [1.29, 1.82) is 0 Å². The van der Waals surface area contributed by atoms with Gasteiger partial charge in [-0.15, -0.1) is 0 Å². The van der Waals surface area contributed by atoms with Crippen LogP contribution in [0.5, 0.6) is 0 Å². The van der Waals surface area contributed by atoms with Crippen LogP contribution in [0.2, 0.25) is 5.02 Å². The van der Waals surface area contributed by atoms with Gasteiger partial charge in [0, 0.05) is 17.6 Å². The maximum atomic E-state index is 12.3. The summed E-state index contributed by atoms with van der Waals surface area (Å²) in [4.78, 5) is 0.156. The summed E-state index contributed by atoms with van der Waals surface area (Å²) in [6, 6.07) is 11.9. The summed E-state index contributed by atoms with van der Waals surface area (Å²) in [5.74, 6) is 0. The van der Waals surface area contributed by atoms with Crippen molar-refractivity contribution in [2.75, 3.05) is 0 Å². The molecule has 0 spiro atoms. The molecular formula is C14H14BrClN2O2S. The van der Waals surface area contributed by atoms with Gasteiger partial charge in [-0.1, -0.05) is 35.9 Å². The molecule has 0 aliphatic rings. The summed E-state index contributed by atoms with van der Waals surface area (Å²) in [7, 11) is -3.60. The molecule has 0 aromatic heterocycles. The maximum absolute atomic E-state index is 12.3. The Morgan fingerprint density at radius 1 is 1.14 bits per heavy atom. The molecule has 2 aromatic carbocycles. The van der Waals surface area contributed by atoms with Gasteiger partial charge in [0.25, 0.3) is 0 Å². The zero-order chi connectivity index (χ0) is 15.5. The van der Waals surface area contributed by atoms with Gasteiger partial charge in [-0.2, -0.15) is 0 Å². The molecule has 2 aromatic rings. The first-order chi connectivity index (χ1) is 9.94. The minimum Gasteiger partial charge on any atom is -0.326 e. The van der Waals surface area contributed by atoms with Crippen LogP contribution < -0.4 is 10.5 Å². The molecule has 0 atom stereocenters. The summed E-state index contributed by atoms with van der Waals surface area (Å²) < 4.78 is 27.6. The maximum Gasteiger partial charge on any atom is 0.240 e. The van der Waals surface area contributed by atoms with Gasteiger partial charge >= 0.3 is 0 Å². The van der Waals surface area contributed by atoms with Gasteiger partial charge < -0.3 is 5.73 Å². The van der Waals surface area contributed by atoms with Crippen LogP contribution in [0.15, 0.2) is 51.8 Å². The normalized spacial score (nSPS) is 11.6. The predicted octanol–water partition coefficient (Wildman–Crippen LogP) is 3.04. The van der Waals surface area contributed by atoms with Crippen LogP contribution in [0.25, 0.3) is 0 Å². The third-order valence-electron chi connectivity index (χ3n) is 2.99.